The molecule has 1 aromatic heterocycles. The zero-order valence-electron chi connectivity index (χ0n) is 13.1. The Labute approximate surface area is 129 Å². The molecule has 1 amide bonds. The van der Waals surface area contributed by atoms with E-state index in [1.54, 1.807) is 29.9 Å². The first-order valence-corrected chi connectivity index (χ1v) is 7.12. The summed E-state index contributed by atoms with van der Waals surface area (Å²) in [6, 6.07) is 4.85. The molecular weight excluding hydrogens is 283 g/mol. The van der Waals surface area contributed by atoms with Crippen LogP contribution in [0.1, 0.15) is 16.7 Å². The van der Waals surface area contributed by atoms with Crippen LogP contribution in [0.15, 0.2) is 30.6 Å². The maximum absolute atomic E-state index is 13.2. The highest BCUT2D eigenvalue weighted by atomic mass is 19.1. The number of aryl methyl sites for hydroxylation is 2. The van der Waals surface area contributed by atoms with Crippen LogP contribution in [-0.2, 0) is 24.9 Å². The van der Waals surface area contributed by atoms with Crippen LogP contribution in [0, 0.1) is 12.7 Å². The van der Waals surface area contributed by atoms with Crippen LogP contribution in [0.4, 0.5) is 4.39 Å². The van der Waals surface area contributed by atoms with Gasteiger partial charge in [0.15, 0.2) is 0 Å². The molecule has 118 valence electrons. The molecule has 0 spiro atoms. The van der Waals surface area contributed by atoms with Gasteiger partial charge in [-0.05, 0) is 31.2 Å². The molecule has 0 bridgehead atoms. The second-order valence-corrected chi connectivity index (χ2v) is 5.55. The van der Waals surface area contributed by atoms with Crippen molar-refractivity contribution in [2.75, 3.05) is 13.6 Å². The third kappa shape index (κ3) is 4.66. The van der Waals surface area contributed by atoms with E-state index in [1.807, 2.05) is 25.2 Å². The highest BCUT2D eigenvalue weighted by Crippen LogP contribution is 2.09. The number of hydrogen-bond acceptors (Lipinski definition) is 3. The van der Waals surface area contributed by atoms with Crippen LogP contribution in [0.2, 0.25) is 0 Å². The Morgan fingerprint density at radius 3 is 2.82 bits per heavy atom. The standard InChI is InChI=1S/C16H21FN4O/c1-12-6-13(4-5-15(12)17)7-18-16(22)11-20(2)9-14-8-19-21(3)10-14/h4-6,8,10H,7,9,11H2,1-3H3,(H,18,22). The van der Waals surface area contributed by atoms with Crippen LogP contribution < -0.4 is 5.32 Å². The maximum atomic E-state index is 13.2. The van der Waals surface area contributed by atoms with Gasteiger partial charge in [-0.3, -0.25) is 14.4 Å². The quantitative estimate of drug-likeness (QED) is 0.882. The van der Waals surface area contributed by atoms with Crippen molar-refractivity contribution >= 4 is 5.91 Å². The minimum atomic E-state index is -0.230. The fourth-order valence-electron chi connectivity index (χ4n) is 2.24. The van der Waals surface area contributed by atoms with Crippen LogP contribution in [0.5, 0.6) is 0 Å². The number of rotatable bonds is 6. The van der Waals surface area contributed by atoms with Crippen molar-refractivity contribution in [3.63, 3.8) is 0 Å². The molecule has 0 atom stereocenters. The molecule has 6 heteroatoms. The molecule has 0 aliphatic carbocycles. The van der Waals surface area contributed by atoms with Gasteiger partial charge in [-0.25, -0.2) is 4.39 Å². The van der Waals surface area contributed by atoms with Gasteiger partial charge >= 0.3 is 0 Å². The summed E-state index contributed by atoms with van der Waals surface area (Å²) in [5.41, 5.74) is 2.54. The molecule has 0 saturated carbocycles. The van der Waals surface area contributed by atoms with Crippen LogP contribution in [-0.4, -0.2) is 34.2 Å². The molecule has 2 aromatic rings. The van der Waals surface area contributed by atoms with Crippen LogP contribution >= 0.6 is 0 Å². The van der Waals surface area contributed by atoms with E-state index in [0.29, 0.717) is 25.2 Å². The molecule has 1 aromatic carbocycles. The summed E-state index contributed by atoms with van der Waals surface area (Å²) in [6.45, 7) is 3.08. The number of likely N-dealkylation sites (N-methyl/N-ethyl adjacent to an activating group) is 1. The zero-order valence-corrected chi connectivity index (χ0v) is 13.1. The Bertz CT molecular complexity index is 653. The van der Waals surface area contributed by atoms with E-state index < -0.39 is 0 Å². The maximum Gasteiger partial charge on any atom is 0.234 e. The number of amides is 1. The molecule has 22 heavy (non-hydrogen) atoms. The van der Waals surface area contributed by atoms with E-state index in [9.17, 15) is 9.18 Å². The summed E-state index contributed by atoms with van der Waals surface area (Å²) in [4.78, 5) is 13.8. The van der Waals surface area contributed by atoms with Crippen molar-refractivity contribution in [1.82, 2.24) is 20.0 Å². The highest BCUT2D eigenvalue weighted by Gasteiger charge is 2.08. The van der Waals surface area contributed by atoms with Gasteiger partial charge in [-0.15, -0.1) is 0 Å². The summed E-state index contributed by atoms with van der Waals surface area (Å²) < 4.78 is 14.9. The Morgan fingerprint density at radius 2 is 2.18 bits per heavy atom. The summed E-state index contributed by atoms with van der Waals surface area (Å²) >= 11 is 0. The average Bonchev–Trinajstić information content (AvgIpc) is 2.85. The first kappa shape index (κ1) is 16.2. The van der Waals surface area contributed by atoms with E-state index in [0.717, 1.165) is 11.1 Å². The summed E-state index contributed by atoms with van der Waals surface area (Å²) in [5.74, 6) is -0.292. The summed E-state index contributed by atoms with van der Waals surface area (Å²) in [7, 11) is 3.75. The fourth-order valence-corrected chi connectivity index (χ4v) is 2.24. The van der Waals surface area contributed by atoms with Crippen molar-refractivity contribution in [2.45, 2.75) is 20.0 Å². The second-order valence-electron chi connectivity index (χ2n) is 5.55. The molecule has 1 N–H and O–H groups in total. The monoisotopic (exact) mass is 304 g/mol. The first-order valence-electron chi connectivity index (χ1n) is 7.12. The Morgan fingerprint density at radius 1 is 1.41 bits per heavy atom. The molecule has 0 saturated heterocycles. The predicted molar refractivity (Wildman–Crippen MR) is 82.5 cm³/mol. The van der Waals surface area contributed by atoms with Gasteiger partial charge in [-0.1, -0.05) is 12.1 Å². The molecular formula is C16H21FN4O. The van der Waals surface area contributed by atoms with Gasteiger partial charge in [-0.2, -0.15) is 5.10 Å². The minimum Gasteiger partial charge on any atom is -0.351 e. The van der Waals surface area contributed by atoms with Gasteiger partial charge < -0.3 is 5.32 Å². The van der Waals surface area contributed by atoms with E-state index >= 15 is 0 Å². The molecule has 0 radical (unpaired) electrons. The lowest BCUT2D eigenvalue weighted by Crippen LogP contribution is -2.34. The normalized spacial score (nSPS) is 11.0. The first-order chi connectivity index (χ1) is 10.4. The average molecular weight is 304 g/mol. The molecule has 2 rings (SSSR count). The molecule has 0 aliphatic rings. The topological polar surface area (TPSA) is 50.2 Å². The third-order valence-electron chi connectivity index (χ3n) is 3.34. The molecule has 5 nitrogen and oxygen atoms in total. The van der Waals surface area contributed by atoms with Gasteiger partial charge in [0.2, 0.25) is 5.91 Å². The van der Waals surface area contributed by atoms with E-state index in [4.69, 9.17) is 0 Å². The van der Waals surface area contributed by atoms with E-state index in [2.05, 4.69) is 10.4 Å². The summed E-state index contributed by atoms with van der Waals surface area (Å²) in [5, 5.41) is 6.94. The van der Waals surface area contributed by atoms with Crippen LogP contribution in [0.25, 0.3) is 0 Å². The fraction of sp³-hybridized carbons (Fsp3) is 0.375. The van der Waals surface area contributed by atoms with Crippen molar-refractivity contribution in [3.8, 4) is 0 Å². The smallest absolute Gasteiger partial charge is 0.234 e. The van der Waals surface area contributed by atoms with E-state index in [1.165, 1.54) is 6.07 Å². The lowest BCUT2D eigenvalue weighted by molar-refractivity contribution is -0.122. The number of aromatic nitrogens is 2. The number of benzene rings is 1. The van der Waals surface area contributed by atoms with Gasteiger partial charge in [0.1, 0.15) is 5.82 Å². The molecule has 1 heterocycles. The largest absolute Gasteiger partial charge is 0.351 e. The van der Waals surface area contributed by atoms with Crippen molar-refractivity contribution in [2.24, 2.45) is 7.05 Å². The van der Waals surface area contributed by atoms with Gasteiger partial charge in [0.25, 0.3) is 0 Å². The Balaban J connectivity index is 1.78. The third-order valence-corrected chi connectivity index (χ3v) is 3.34. The number of nitrogens with zero attached hydrogens (tertiary/aromatic N) is 3. The SMILES string of the molecule is Cc1cc(CNC(=O)CN(C)Cc2cnn(C)c2)ccc1F. The second kappa shape index (κ2) is 7.17. The van der Waals surface area contributed by atoms with Crippen molar-refractivity contribution in [1.29, 1.82) is 0 Å². The number of hydrogen-bond donors (Lipinski definition) is 1. The van der Waals surface area contributed by atoms with Crippen molar-refractivity contribution in [3.05, 3.63) is 53.1 Å². The molecule has 0 unspecified atom stereocenters. The predicted octanol–water partition coefficient (Wildman–Crippen LogP) is 1.62. The highest BCUT2D eigenvalue weighted by molar-refractivity contribution is 5.77. The lowest BCUT2D eigenvalue weighted by atomic mass is 10.1. The zero-order chi connectivity index (χ0) is 16.1. The lowest BCUT2D eigenvalue weighted by Gasteiger charge is -2.15. The number of carbonyl (C=O) groups is 1. The van der Waals surface area contributed by atoms with Crippen molar-refractivity contribution < 1.29 is 9.18 Å². The van der Waals surface area contributed by atoms with Gasteiger partial charge in [0.05, 0.1) is 12.7 Å². The Hall–Kier alpha value is -2.21. The molecule has 0 fully saturated rings. The Kier molecular flexibility index (Phi) is 5.27. The minimum absolute atomic E-state index is 0.0617. The van der Waals surface area contributed by atoms with Crippen LogP contribution in [0.3, 0.4) is 0 Å². The summed E-state index contributed by atoms with van der Waals surface area (Å²) in [6.07, 6.45) is 3.71. The number of halogens is 1. The molecule has 0 aliphatic heterocycles. The van der Waals surface area contributed by atoms with E-state index in [-0.39, 0.29) is 11.7 Å². The number of nitrogens with one attached hydrogen (secondary N) is 1. The van der Waals surface area contributed by atoms with Gasteiger partial charge in [0, 0.05) is 31.9 Å². The number of carbonyl (C=O) groups excluding carboxylic acids is 1.